The monoisotopic (exact) mass is 424 g/mol. The van der Waals surface area contributed by atoms with Crippen molar-refractivity contribution in [3.8, 4) is 11.5 Å². The molecule has 0 spiro atoms. The molecule has 1 amide bonds. The highest BCUT2D eigenvalue weighted by Crippen LogP contribution is 2.35. The average molecular weight is 425 g/mol. The first-order chi connectivity index (χ1) is 13.6. The summed E-state index contributed by atoms with van der Waals surface area (Å²) in [6.07, 6.45) is 2.29. The molecule has 0 aliphatic carbocycles. The van der Waals surface area contributed by atoms with Crippen molar-refractivity contribution in [3.05, 3.63) is 39.5 Å². The van der Waals surface area contributed by atoms with E-state index in [1.165, 1.54) is 19.1 Å². The quantitative estimate of drug-likeness (QED) is 0.658. The molecule has 1 aromatic carbocycles. The molecule has 1 aliphatic heterocycles. The van der Waals surface area contributed by atoms with Crippen LogP contribution < -0.4 is 14.8 Å². The summed E-state index contributed by atoms with van der Waals surface area (Å²) in [6.45, 7) is 2.50. The Kier molecular flexibility index (Phi) is 7.56. The first kappa shape index (κ1) is 20.9. The zero-order valence-corrected chi connectivity index (χ0v) is 17.6. The second-order valence-corrected chi connectivity index (χ2v) is 8.06. The SMILES string of the molecule is COc1cc(NC(=O)CN(Cc2cccs2)C[C@@H]2CCCO2)c(OC)cc1Cl. The molecule has 2 aromatic rings. The van der Waals surface area contributed by atoms with E-state index < -0.39 is 0 Å². The molecule has 1 atom stereocenters. The van der Waals surface area contributed by atoms with Crippen LogP contribution >= 0.6 is 22.9 Å². The summed E-state index contributed by atoms with van der Waals surface area (Å²) in [5.41, 5.74) is 0.530. The van der Waals surface area contributed by atoms with Gasteiger partial charge in [0.05, 0.1) is 37.6 Å². The average Bonchev–Trinajstić information content (AvgIpc) is 3.37. The minimum Gasteiger partial charge on any atom is -0.495 e. The van der Waals surface area contributed by atoms with Gasteiger partial charge in [0.25, 0.3) is 0 Å². The molecule has 1 saturated heterocycles. The van der Waals surface area contributed by atoms with Gasteiger partial charge in [0.15, 0.2) is 0 Å². The van der Waals surface area contributed by atoms with Gasteiger partial charge in [-0.15, -0.1) is 11.3 Å². The predicted octanol–water partition coefficient (Wildman–Crippen LogP) is 4.04. The van der Waals surface area contributed by atoms with Crippen molar-refractivity contribution < 1.29 is 19.0 Å². The zero-order valence-electron chi connectivity index (χ0n) is 16.1. The third-order valence-corrected chi connectivity index (χ3v) is 5.72. The van der Waals surface area contributed by atoms with E-state index in [0.29, 0.717) is 28.8 Å². The summed E-state index contributed by atoms with van der Waals surface area (Å²) < 4.78 is 16.3. The predicted molar refractivity (Wildman–Crippen MR) is 112 cm³/mol. The number of ether oxygens (including phenoxy) is 3. The molecule has 1 fully saturated rings. The molecule has 6 nitrogen and oxygen atoms in total. The van der Waals surface area contributed by atoms with Crippen molar-refractivity contribution in [2.75, 3.05) is 39.2 Å². The maximum absolute atomic E-state index is 12.8. The number of carbonyl (C=O) groups excluding carboxylic acids is 1. The van der Waals surface area contributed by atoms with Crippen molar-refractivity contribution in [1.82, 2.24) is 4.90 Å². The van der Waals surface area contributed by atoms with Gasteiger partial charge in [-0.05, 0) is 24.3 Å². The van der Waals surface area contributed by atoms with E-state index in [1.807, 2.05) is 11.4 Å². The lowest BCUT2D eigenvalue weighted by atomic mass is 10.2. The highest BCUT2D eigenvalue weighted by atomic mass is 35.5. The number of hydrogen-bond donors (Lipinski definition) is 1. The number of thiophene rings is 1. The molecule has 28 heavy (non-hydrogen) atoms. The van der Waals surface area contributed by atoms with E-state index in [4.69, 9.17) is 25.8 Å². The number of anilines is 1. The van der Waals surface area contributed by atoms with Crippen LogP contribution in [0.1, 0.15) is 17.7 Å². The largest absolute Gasteiger partial charge is 0.495 e. The minimum atomic E-state index is -0.128. The van der Waals surface area contributed by atoms with Crippen LogP contribution in [-0.2, 0) is 16.1 Å². The summed E-state index contributed by atoms with van der Waals surface area (Å²) in [7, 11) is 3.07. The fraction of sp³-hybridized carbons (Fsp3) is 0.450. The fourth-order valence-corrected chi connectivity index (χ4v) is 4.21. The normalized spacial score (nSPS) is 16.4. The Bertz CT molecular complexity index is 779. The van der Waals surface area contributed by atoms with Gasteiger partial charge in [-0.1, -0.05) is 17.7 Å². The minimum absolute atomic E-state index is 0.128. The molecule has 3 rings (SSSR count). The van der Waals surface area contributed by atoms with Gasteiger partial charge in [0.1, 0.15) is 11.5 Å². The summed E-state index contributed by atoms with van der Waals surface area (Å²) >= 11 is 7.82. The molecule has 152 valence electrons. The van der Waals surface area contributed by atoms with E-state index in [0.717, 1.165) is 26.0 Å². The summed E-state index contributed by atoms with van der Waals surface area (Å²) in [4.78, 5) is 16.1. The Morgan fingerprint density at radius 3 is 2.82 bits per heavy atom. The van der Waals surface area contributed by atoms with E-state index >= 15 is 0 Å². The summed E-state index contributed by atoms with van der Waals surface area (Å²) in [6, 6.07) is 7.40. The Hall–Kier alpha value is -1.80. The topological polar surface area (TPSA) is 60.0 Å². The van der Waals surface area contributed by atoms with E-state index in [-0.39, 0.29) is 18.6 Å². The number of amides is 1. The van der Waals surface area contributed by atoms with Gasteiger partial charge < -0.3 is 19.5 Å². The third-order valence-electron chi connectivity index (χ3n) is 4.56. The molecule has 1 N–H and O–H groups in total. The van der Waals surface area contributed by atoms with E-state index in [9.17, 15) is 4.79 Å². The second kappa shape index (κ2) is 10.1. The third kappa shape index (κ3) is 5.61. The number of rotatable bonds is 9. The Morgan fingerprint density at radius 1 is 1.36 bits per heavy atom. The van der Waals surface area contributed by atoms with Crippen molar-refractivity contribution in [3.63, 3.8) is 0 Å². The first-order valence-electron chi connectivity index (χ1n) is 9.16. The zero-order chi connectivity index (χ0) is 19.9. The van der Waals surface area contributed by atoms with Crippen LogP contribution in [0.5, 0.6) is 11.5 Å². The Labute approximate surface area is 174 Å². The molecule has 2 heterocycles. The molecular weight excluding hydrogens is 400 g/mol. The van der Waals surface area contributed by atoms with Gasteiger partial charge >= 0.3 is 0 Å². The maximum Gasteiger partial charge on any atom is 0.238 e. The lowest BCUT2D eigenvalue weighted by Gasteiger charge is -2.24. The highest BCUT2D eigenvalue weighted by Gasteiger charge is 2.22. The molecular formula is C20H25ClN2O4S. The van der Waals surface area contributed by atoms with Crippen molar-refractivity contribution in [2.24, 2.45) is 0 Å². The molecule has 0 radical (unpaired) electrons. The summed E-state index contributed by atoms with van der Waals surface area (Å²) in [5.74, 6) is 0.841. The van der Waals surface area contributed by atoms with Crippen LogP contribution in [0.2, 0.25) is 5.02 Å². The van der Waals surface area contributed by atoms with Crippen LogP contribution in [-0.4, -0.2) is 50.8 Å². The van der Waals surface area contributed by atoms with Crippen molar-refractivity contribution in [1.29, 1.82) is 0 Å². The number of hydrogen-bond acceptors (Lipinski definition) is 6. The number of nitrogens with zero attached hydrogens (tertiary/aromatic N) is 1. The molecule has 0 unspecified atom stereocenters. The van der Waals surface area contributed by atoms with Crippen LogP contribution in [0.15, 0.2) is 29.6 Å². The molecule has 1 aromatic heterocycles. The van der Waals surface area contributed by atoms with Gasteiger partial charge in [0, 0.05) is 36.7 Å². The first-order valence-corrected chi connectivity index (χ1v) is 10.4. The van der Waals surface area contributed by atoms with Crippen molar-refractivity contribution in [2.45, 2.75) is 25.5 Å². The van der Waals surface area contributed by atoms with E-state index in [1.54, 1.807) is 23.5 Å². The molecule has 8 heteroatoms. The number of benzene rings is 1. The Balaban J connectivity index is 1.68. The maximum atomic E-state index is 12.8. The van der Waals surface area contributed by atoms with Gasteiger partial charge in [-0.25, -0.2) is 0 Å². The highest BCUT2D eigenvalue weighted by molar-refractivity contribution is 7.09. The number of carbonyl (C=O) groups is 1. The number of nitrogens with one attached hydrogen (secondary N) is 1. The van der Waals surface area contributed by atoms with Crippen LogP contribution in [0, 0.1) is 0 Å². The van der Waals surface area contributed by atoms with Crippen LogP contribution in [0.3, 0.4) is 0 Å². The lowest BCUT2D eigenvalue weighted by Crippen LogP contribution is -2.37. The number of halogens is 1. The fourth-order valence-electron chi connectivity index (χ4n) is 3.24. The molecule has 0 bridgehead atoms. The molecule has 1 aliphatic rings. The summed E-state index contributed by atoms with van der Waals surface area (Å²) in [5, 5.41) is 5.39. The van der Waals surface area contributed by atoms with Crippen LogP contribution in [0.25, 0.3) is 0 Å². The Morgan fingerprint density at radius 2 is 2.18 bits per heavy atom. The smallest absolute Gasteiger partial charge is 0.238 e. The lowest BCUT2D eigenvalue weighted by molar-refractivity contribution is -0.117. The van der Waals surface area contributed by atoms with E-state index in [2.05, 4.69) is 16.3 Å². The molecule has 0 saturated carbocycles. The van der Waals surface area contributed by atoms with Crippen LogP contribution in [0.4, 0.5) is 5.69 Å². The van der Waals surface area contributed by atoms with Gasteiger partial charge in [-0.2, -0.15) is 0 Å². The standard InChI is InChI=1S/C20H25ClN2O4S/c1-25-18-10-17(19(26-2)9-16(18)21)22-20(24)13-23(11-14-5-3-7-27-14)12-15-6-4-8-28-15/h4,6,8-10,14H,3,5,7,11-13H2,1-2H3,(H,22,24)/t14-/m0/s1. The van der Waals surface area contributed by atoms with Gasteiger partial charge in [0.2, 0.25) is 5.91 Å². The number of methoxy groups -OCH3 is 2. The van der Waals surface area contributed by atoms with Crippen molar-refractivity contribution >= 4 is 34.5 Å². The second-order valence-electron chi connectivity index (χ2n) is 6.62. The van der Waals surface area contributed by atoms with Gasteiger partial charge in [-0.3, -0.25) is 9.69 Å².